The van der Waals surface area contributed by atoms with Crippen molar-refractivity contribution in [2.45, 2.75) is 26.8 Å². The van der Waals surface area contributed by atoms with Crippen molar-refractivity contribution in [2.75, 3.05) is 19.6 Å². The number of nitrogens with zero attached hydrogens (tertiary/aromatic N) is 1. The van der Waals surface area contributed by atoms with Crippen molar-refractivity contribution in [1.29, 1.82) is 0 Å². The molecule has 0 aromatic heterocycles. The lowest BCUT2D eigenvalue weighted by atomic mass is 9.98. The first-order chi connectivity index (χ1) is 19.3. The highest BCUT2D eigenvalue weighted by Gasteiger charge is 2.41. The Balaban J connectivity index is 2.19. The molecule has 220 valence electrons. The summed E-state index contributed by atoms with van der Waals surface area (Å²) >= 11 is 0. The number of hydrogen-bond donors (Lipinski definition) is 0. The maximum atomic E-state index is 15.4. The summed E-state index contributed by atoms with van der Waals surface area (Å²) in [5.41, 5.74) is -0.547. The molecule has 4 nitrogen and oxygen atoms in total. The molecule has 0 saturated heterocycles. The van der Waals surface area contributed by atoms with Crippen molar-refractivity contribution in [3.8, 4) is 17.2 Å². The molecule has 0 aliphatic carbocycles. The highest BCUT2D eigenvalue weighted by molar-refractivity contribution is 6.39. The molecular formula is C27H24BF9NO3+. The highest BCUT2D eigenvalue weighted by atomic mass is 19.2. The van der Waals surface area contributed by atoms with Crippen molar-refractivity contribution >= 4 is 7.32 Å². The van der Waals surface area contributed by atoms with Crippen molar-refractivity contribution in [3.63, 3.8) is 0 Å². The zero-order chi connectivity index (χ0) is 30.6. The maximum absolute atomic E-state index is 15.4. The van der Waals surface area contributed by atoms with Crippen LogP contribution in [-0.2, 0) is 0 Å². The van der Waals surface area contributed by atoms with E-state index in [0.29, 0.717) is 50.0 Å². The van der Waals surface area contributed by atoms with Crippen molar-refractivity contribution in [1.82, 2.24) is 0 Å². The van der Waals surface area contributed by atoms with E-state index in [4.69, 9.17) is 14.0 Å². The summed E-state index contributed by atoms with van der Waals surface area (Å²) in [6.45, 7) is 10.1. The van der Waals surface area contributed by atoms with E-state index >= 15 is 4.39 Å². The third-order valence-electron chi connectivity index (χ3n) is 6.76. The van der Waals surface area contributed by atoms with Crippen LogP contribution in [0.1, 0.15) is 32.4 Å². The van der Waals surface area contributed by atoms with Gasteiger partial charge >= 0.3 is 7.32 Å². The molecule has 0 spiro atoms. The fourth-order valence-corrected chi connectivity index (χ4v) is 4.44. The van der Waals surface area contributed by atoms with Gasteiger partial charge in [-0.1, -0.05) is 6.58 Å². The number of likely N-dealkylation sites (N-methyl/N-ethyl adjacent to an activating group) is 1. The molecule has 0 heterocycles. The minimum Gasteiger partial charge on any atom is -0.489 e. The Hall–Kier alpha value is -3.81. The topological polar surface area (TPSA) is 27.7 Å². The van der Waals surface area contributed by atoms with E-state index in [2.05, 4.69) is 6.58 Å². The summed E-state index contributed by atoms with van der Waals surface area (Å²) in [6.07, 6.45) is 1.28. The summed E-state index contributed by atoms with van der Waals surface area (Å²) in [4.78, 5) is 0. The van der Waals surface area contributed by atoms with E-state index < -0.39 is 88.5 Å². The van der Waals surface area contributed by atoms with Gasteiger partial charge in [-0.05, 0) is 26.8 Å². The van der Waals surface area contributed by atoms with E-state index in [1.165, 1.54) is 6.08 Å². The minimum absolute atomic E-state index is 0.0804. The molecule has 0 aliphatic heterocycles. The first-order valence-corrected chi connectivity index (χ1v) is 12.3. The average molecular weight is 592 g/mol. The Bertz CT molecular complexity index is 1320. The molecule has 3 rings (SSSR count). The van der Waals surface area contributed by atoms with Gasteiger partial charge in [0.15, 0.2) is 52.4 Å². The fraction of sp³-hybridized carbons (Fsp3) is 0.259. The van der Waals surface area contributed by atoms with Crippen LogP contribution in [0.5, 0.6) is 17.2 Å². The van der Waals surface area contributed by atoms with Crippen LogP contribution < -0.4 is 14.0 Å². The number of quaternary nitrogens is 1. The molecule has 1 unspecified atom stereocenters. The van der Waals surface area contributed by atoms with E-state index in [-0.39, 0.29) is 4.48 Å². The van der Waals surface area contributed by atoms with Crippen LogP contribution in [0.2, 0.25) is 0 Å². The predicted octanol–water partition coefficient (Wildman–Crippen LogP) is 7.56. The molecule has 0 bridgehead atoms. The molecule has 0 fully saturated rings. The molecule has 0 saturated carbocycles. The molecule has 14 heteroatoms. The SMILES string of the molecule is C=CC(c1c(OB(Oc2cc(F)c(F)c(F)c2)Oc2cc(F)c(F)c(F)c2)cc(F)c(F)c1F)[N+](CC)(CC)CC. The average Bonchev–Trinajstić information content (AvgIpc) is 2.93. The second-order valence-corrected chi connectivity index (χ2v) is 8.79. The third-order valence-corrected chi connectivity index (χ3v) is 6.76. The predicted molar refractivity (Wildman–Crippen MR) is 131 cm³/mol. The lowest BCUT2D eigenvalue weighted by molar-refractivity contribution is -0.946. The molecule has 0 amide bonds. The first kappa shape index (κ1) is 31.7. The Morgan fingerprint density at radius 3 is 1.39 bits per heavy atom. The quantitative estimate of drug-likeness (QED) is 0.0715. The Morgan fingerprint density at radius 1 is 0.634 bits per heavy atom. The Kier molecular flexibility index (Phi) is 9.90. The molecule has 0 N–H and O–H groups in total. The Morgan fingerprint density at radius 2 is 1.02 bits per heavy atom. The van der Waals surface area contributed by atoms with E-state index in [0.717, 1.165) is 0 Å². The van der Waals surface area contributed by atoms with Gasteiger partial charge in [0.2, 0.25) is 0 Å². The second kappa shape index (κ2) is 12.8. The first-order valence-electron chi connectivity index (χ1n) is 12.3. The fourth-order valence-electron chi connectivity index (χ4n) is 4.44. The molecule has 1 atom stereocenters. The zero-order valence-electron chi connectivity index (χ0n) is 22.0. The van der Waals surface area contributed by atoms with Crippen LogP contribution in [0.4, 0.5) is 39.5 Å². The Labute approximate surface area is 230 Å². The van der Waals surface area contributed by atoms with Crippen molar-refractivity contribution in [2.24, 2.45) is 0 Å². The van der Waals surface area contributed by atoms with E-state index in [9.17, 15) is 35.1 Å². The van der Waals surface area contributed by atoms with Crippen LogP contribution >= 0.6 is 0 Å². The highest BCUT2D eigenvalue weighted by Crippen LogP contribution is 2.39. The number of rotatable bonds is 12. The molecule has 3 aromatic carbocycles. The van der Waals surface area contributed by atoms with Gasteiger partial charge in [-0.3, -0.25) is 0 Å². The monoisotopic (exact) mass is 592 g/mol. The summed E-state index contributed by atoms with van der Waals surface area (Å²) in [6, 6.07) is 0.818. The summed E-state index contributed by atoms with van der Waals surface area (Å²) in [5, 5.41) is 0. The number of benzene rings is 3. The van der Waals surface area contributed by atoms with E-state index in [1.807, 2.05) is 0 Å². The largest absolute Gasteiger partial charge is 0.864 e. The lowest BCUT2D eigenvalue weighted by Gasteiger charge is -2.42. The van der Waals surface area contributed by atoms with Crippen molar-refractivity contribution < 1.29 is 58.0 Å². The van der Waals surface area contributed by atoms with Gasteiger partial charge < -0.3 is 18.4 Å². The normalized spacial score (nSPS) is 12.2. The standard InChI is InChI=1S/C27H24BF9NO3/c1-5-21(38(6-2,7-3)8-4)23-22(13-20(33)26(36)27(23)37)41-28(39-14-9-16(29)24(34)17(30)10-14)40-15-11-18(31)25(35)19(32)12-15/h5,9-13,21H,1,6-8H2,2-4H3/q+1. The molecule has 0 aliphatic rings. The van der Waals surface area contributed by atoms with Gasteiger partial charge in [-0.25, -0.2) is 39.5 Å². The van der Waals surface area contributed by atoms with Crippen LogP contribution in [-0.4, -0.2) is 31.4 Å². The third kappa shape index (κ3) is 6.42. The summed E-state index contributed by atoms with van der Waals surface area (Å²) in [7, 11) is -2.36. The van der Waals surface area contributed by atoms with Gasteiger partial charge in [-0.2, -0.15) is 0 Å². The van der Waals surface area contributed by atoms with Crippen molar-refractivity contribution in [3.05, 3.63) is 101 Å². The van der Waals surface area contributed by atoms with Crippen LogP contribution in [0.15, 0.2) is 43.0 Å². The van der Waals surface area contributed by atoms with Gasteiger partial charge in [0, 0.05) is 30.3 Å². The van der Waals surface area contributed by atoms with Gasteiger partial charge in [0.05, 0.1) is 25.2 Å². The molecule has 3 aromatic rings. The van der Waals surface area contributed by atoms with Crippen LogP contribution in [0, 0.1) is 52.4 Å². The molecule has 0 radical (unpaired) electrons. The van der Waals surface area contributed by atoms with Crippen LogP contribution in [0.3, 0.4) is 0 Å². The summed E-state index contributed by atoms with van der Waals surface area (Å²) < 4.78 is 143. The molecule has 41 heavy (non-hydrogen) atoms. The van der Waals surface area contributed by atoms with E-state index in [1.54, 1.807) is 20.8 Å². The van der Waals surface area contributed by atoms with Crippen LogP contribution in [0.25, 0.3) is 0 Å². The van der Waals surface area contributed by atoms with Gasteiger partial charge in [0.25, 0.3) is 0 Å². The zero-order valence-corrected chi connectivity index (χ0v) is 22.0. The summed E-state index contributed by atoms with van der Waals surface area (Å²) in [5.74, 6) is -18.1. The maximum Gasteiger partial charge on any atom is 0.864 e. The number of hydrogen-bond acceptors (Lipinski definition) is 3. The minimum atomic E-state index is -2.36. The lowest BCUT2D eigenvalue weighted by Crippen LogP contribution is -2.50. The second-order valence-electron chi connectivity index (χ2n) is 8.79. The molecular weight excluding hydrogens is 568 g/mol. The van der Waals surface area contributed by atoms with Gasteiger partial charge in [-0.15, -0.1) is 0 Å². The number of halogens is 9. The smallest absolute Gasteiger partial charge is 0.489 e. The van der Waals surface area contributed by atoms with Gasteiger partial charge in [0.1, 0.15) is 23.3 Å².